The number of rotatable bonds is 4. The third-order valence-corrected chi connectivity index (χ3v) is 10.0. The Kier molecular flexibility index (Phi) is 5.07. The van der Waals surface area contributed by atoms with Crippen molar-refractivity contribution in [2.24, 2.45) is 40.9 Å². The highest BCUT2D eigenvalue weighted by molar-refractivity contribution is 5.81. The molecule has 0 aromatic carbocycles. The number of fused-ring (bicyclic) bond motifs is 5. The van der Waals surface area contributed by atoms with Gasteiger partial charge in [-0.05, 0) is 111 Å². The number of aryl methyl sites for hydroxylation is 1. The van der Waals surface area contributed by atoms with Crippen molar-refractivity contribution in [3.8, 4) is 0 Å². The van der Waals surface area contributed by atoms with Crippen LogP contribution >= 0.6 is 0 Å². The van der Waals surface area contributed by atoms with Crippen LogP contribution < -0.4 is 0 Å². The Morgan fingerprint density at radius 1 is 1.10 bits per heavy atom. The molecule has 8 atom stereocenters. The first-order valence-electron chi connectivity index (χ1n) is 12.3. The van der Waals surface area contributed by atoms with Gasteiger partial charge in [0.25, 0.3) is 0 Å². The first-order chi connectivity index (χ1) is 14.3. The summed E-state index contributed by atoms with van der Waals surface area (Å²) in [6.07, 6.45) is 11.4. The molecule has 1 N–H and O–H groups in total. The molecule has 4 aliphatic rings. The maximum Gasteiger partial charge on any atom is 0.171 e. The second kappa shape index (κ2) is 7.39. The van der Waals surface area contributed by atoms with Gasteiger partial charge in [-0.2, -0.15) is 4.80 Å². The predicted octanol–water partition coefficient (Wildman–Crippen LogP) is 3.96. The normalized spacial score (nSPS) is 45.5. The van der Waals surface area contributed by atoms with Crippen LogP contribution in [0.2, 0.25) is 0 Å². The van der Waals surface area contributed by atoms with Crippen LogP contribution in [0.3, 0.4) is 0 Å². The summed E-state index contributed by atoms with van der Waals surface area (Å²) in [5.74, 6) is 4.87. The van der Waals surface area contributed by atoms with E-state index >= 15 is 0 Å². The van der Waals surface area contributed by atoms with Gasteiger partial charge < -0.3 is 5.11 Å². The lowest BCUT2D eigenvalue weighted by Gasteiger charge is -2.57. The summed E-state index contributed by atoms with van der Waals surface area (Å²) in [5, 5.41) is 23.0. The van der Waals surface area contributed by atoms with Gasteiger partial charge in [0, 0.05) is 5.92 Å². The second-order valence-electron chi connectivity index (χ2n) is 11.3. The fourth-order valence-electron chi connectivity index (χ4n) is 8.45. The summed E-state index contributed by atoms with van der Waals surface area (Å²) in [4.78, 5) is 14.7. The molecule has 0 radical (unpaired) electrons. The Morgan fingerprint density at radius 3 is 2.63 bits per heavy atom. The zero-order chi connectivity index (χ0) is 21.1. The Bertz CT molecular complexity index is 809. The maximum atomic E-state index is 13.2. The fourth-order valence-corrected chi connectivity index (χ4v) is 8.45. The molecule has 0 amide bonds. The second-order valence-corrected chi connectivity index (χ2v) is 11.3. The number of carbonyl (C=O) groups is 1. The zero-order valence-corrected chi connectivity index (χ0v) is 18.9. The Morgan fingerprint density at radius 2 is 1.90 bits per heavy atom. The highest BCUT2D eigenvalue weighted by Crippen LogP contribution is 2.64. The summed E-state index contributed by atoms with van der Waals surface area (Å²) in [7, 11) is 0. The molecule has 0 bridgehead atoms. The van der Waals surface area contributed by atoms with E-state index in [1.54, 1.807) is 0 Å². The molecule has 1 aromatic heterocycles. The summed E-state index contributed by atoms with van der Waals surface area (Å²) in [6.45, 7) is 6.63. The third kappa shape index (κ3) is 3.25. The molecule has 6 nitrogen and oxygen atoms in total. The number of Topliss-reactive ketones (excluding diaryl/α,β-unsaturated/α-hetero) is 1. The largest absolute Gasteiger partial charge is 0.390 e. The monoisotopic (exact) mass is 414 g/mol. The molecule has 4 fully saturated rings. The Balaban J connectivity index is 1.30. The van der Waals surface area contributed by atoms with E-state index in [0.717, 1.165) is 49.4 Å². The molecule has 1 heterocycles. The topological polar surface area (TPSA) is 80.9 Å². The van der Waals surface area contributed by atoms with Crippen molar-refractivity contribution < 1.29 is 9.90 Å². The van der Waals surface area contributed by atoms with E-state index in [1.807, 2.05) is 6.92 Å². The van der Waals surface area contributed by atoms with Crippen molar-refractivity contribution in [2.45, 2.75) is 97.1 Å². The van der Waals surface area contributed by atoms with Crippen molar-refractivity contribution in [2.75, 3.05) is 0 Å². The van der Waals surface area contributed by atoms with Crippen LogP contribution in [0.1, 0.15) is 83.9 Å². The van der Waals surface area contributed by atoms with Crippen LogP contribution in [0.25, 0.3) is 0 Å². The van der Waals surface area contributed by atoms with E-state index < -0.39 is 5.60 Å². The molecule has 5 rings (SSSR count). The number of nitrogens with zero attached hydrogens (tertiary/aromatic N) is 4. The number of hydrogen-bond donors (Lipinski definition) is 1. The van der Waals surface area contributed by atoms with E-state index in [4.69, 9.17) is 0 Å². The highest BCUT2D eigenvalue weighted by Gasteiger charge is 2.58. The van der Waals surface area contributed by atoms with Crippen molar-refractivity contribution in [3.63, 3.8) is 0 Å². The van der Waals surface area contributed by atoms with Crippen LogP contribution in [0, 0.1) is 47.8 Å². The van der Waals surface area contributed by atoms with Crippen molar-refractivity contribution in [1.82, 2.24) is 20.2 Å². The standard InChI is InChI=1S/C24H38N4O2/c1-4-24(30)12-10-17-16(13-24)5-6-19-18(17)9-11-23(3)20(19)7-8-21(23)22(29)14-28-26-15(2)25-27-28/h16-21,30H,4-14H2,1-3H3/t16-,17+,18-,19-,20+,21-,23+,24-/m1/s1. The minimum Gasteiger partial charge on any atom is -0.390 e. The Hall–Kier alpha value is -1.30. The van der Waals surface area contributed by atoms with Crippen LogP contribution in [-0.4, -0.2) is 36.7 Å². The molecule has 30 heavy (non-hydrogen) atoms. The number of aromatic nitrogens is 4. The summed E-state index contributed by atoms with van der Waals surface area (Å²) in [5.41, 5.74) is -0.269. The first-order valence-corrected chi connectivity index (χ1v) is 12.3. The molecule has 0 aliphatic heterocycles. The number of aliphatic hydroxyl groups is 1. The molecule has 166 valence electrons. The van der Waals surface area contributed by atoms with Gasteiger partial charge in [-0.1, -0.05) is 13.8 Å². The quantitative estimate of drug-likeness (QED) is 0.806. The molecule has 4 saturated carbocycles. The van der Waals surface area contributed by atoms with Gasteiger partial charge in [-0.25, -0.2) is 0 Å². The number of carbonyl (C=O) groups excluding carboxylic acids is 1. The molecule has 4 aliphatic carbocycles. The molecular weight excluding hydrogens is 376 g/mol. The lowest BCUT2D eigenvalue weighted by atomic mass is 9.48. The molecule has 0 unspecified atom stereocenters. The summed E-state index contributed by atoms with van der Waals surface area (Å²) in [6, 6.07) is 0. The molecule has 6 heteroatoms. The molecule has 0 spiro atoms. The zero-order valence-electron chi connectivity index (χ0n) is 18.9. The van der Waals surface area contributed by atoms with E-state index in [0.29, 0.717) is 17.5 Å². The minimum absolute atomic E-state index is 0.138. The van der Waals surface area contributed by atoms with Crippen molar-refractivity contribution in [1.29, 1.82) is 0 Å². The van der Waals surface area contributed by atoms with E-state index in [2.05, 4.69) is 29.3 Å². The van der Waals surface area contributed by atoms with Crippen LogP contribution in [0.15, 0.2) is 0 Å². The molecular formula is C24H38N4O2. The highest BCUT2D eigenvalue weighted by atomic mass is 16.3. The molecule has 1 aromatic rings. The number of hydrogen-bond acceptors (Lipinski definition) is 5. The van der Waals surface area contributed by atoms with Gasteiger partial charge in [0.2, 0.25) is 0 Å². The van der Waals surface area contributed by atoms with E-state index in [-0.39, 0.29) is 17.9 Å². The average Bonchev–Trinajstić information content (AvgIpc) is 3.29. The maximum absolute atomic E-state index is 13.2. The van der Waals surface area contributed by atoms with Crippen LogP contribution in [-0.2, 0) is 11.3 Å². The van der Waals surface area contributed by atoms with Crippen LogP contribution in [0.4, 0.5) is 0 Å². The SMILES string of the molecule is CC[C@@]1(O)CC[C@H]2[C@H](CC[C@@H]3[C@@H]2CC[C@]2(C)[C@@H](C(=O)Cn4nnc(C)n4)CC[C@@H]32)C1. The van der Waals surface area contributed by atoms with E-state index in [1.165, 1.54) is 43.3 Å². The van der Waals surface area contributed by atoms with Crippen molar-refractivity contribution >= 4 is 5.78 Å². The van der Waals surface area contributed by atoms with E-state index in [9.17, 15) is 9.90 Å². The first kappa shape index (κ1) is 20.6. The fraction of sp³-hybridized carbons (Fsp3) is 0.917. The Labute approximate surface area is 180 Å². The van der Waals surface area contributed by atoms with Gasteiger partial charge in [-0.3, -0.25) is 4.79 Å². The lowest BCUT2D eigenvalue weighted by molar-refractivity contribution is -0.133. The van der Waals surface area contributed by atoms with Gasteiger partial charge in [0.15, 0.2) is 11.6 Å². The summed E-state index contributed by atoms with van der Waals surface area (Å²) >= 11 is 0. The predicted molar refractivity (Wildman–Crippen MR) is 113 cm³/mol. The van der Waals surface area contributed by atoms with Gasteiger partial charge in [-0.15, -0.1) is 10.2 Å². The van der Waals surface area contributed by atoms with Gasteiger partial charge in [0.05, 0.1) is 5.60 Å². The summed E-state index contributed by atoms with van der Waals surface area (Å²) < 4.78 is 0. The molecule has 0 saturated heterocycles. The van der Waals surface area contributed by atoms with Gasteiger partial charge in [0.1, 0.15) is 6.54 Å². The van der Waals surface area contributed by atoms with Crippen molar-refractivity contribution in [3.05, 3.63) is 5.82 Å². The van der Waals surface area contributed by atoms with Gasteiger partial charge >= 0.3 is 0 Å². The number of tetrazole rings is 1. The van der Waals surface area contributed by atoms with Crippen LogP contribution in [0.5, 0.6) is 0 Å². The smallest absolute Gasteiger partial charge is 0.171 e. The lowest BCUT2D eigenvalue weighted by Crippen LogP contribution is -2.51. The minimum atomic E-state index is -0.407. The average molecular weight is 415 g/mol. The third-order valence-electron chi connectivity index (χ3n) is 10.0. The number of ketones is 1.